The number of amidine groups is 1. The summed E-state index contributed by atoms with van der Waals surface area (Å²) in [5.74, 6) is 1.33. The van der Waals surface area contributed by atoms with Crippen LogP contribution < -0.4 is 11.5 Å². The average molecular weight is 487 g/mol. The van der Waals surface area contributed by atoms with Crippen LogP contribution in [0.4, 0.5) is 0 Å². The van der Waals surface area contributed by atoms with Crippen molar-refractivity contribution >= 4 is 22.8 Å². The van der Waals surface area contributed by atoms with Crippen molar-refractivity contribution in [3.63, 3.8) is 0 Å². The highest BCUT2D eigenvalue weighted by Crippen LogP contribution is 2.34. The molecule has 0 radical (unpaired) electrons. The lowest BCUT2D eigenvalue weighted by Gasteiger charge is -2.32. The summed E-state index contributed by atoms with van der Waals surface area (Å²) in [5, 5.41) is 21.8. The van der Waals surface area contributed by atoms with Crippen LogP contribution in [0.3, 0.4) is 0 Å². The lowest BCUT2D eigenvalue weighted by Crippen LogP contribution is -2.45. The van der Waals surface area contributed by atoms with Gasteiger partial charge in [-0.05, 0) is 53.5 Å². The molecule has 1 saturated heterocycles. The van der Waals surface area contributed by atoms with E-state index in [0.29, 0.717) is 23.6 Å². The summed E-state index contributed by atoms with van der Waals surface area (Å²) in [4.78, 5) is 20.5. The highest BCUT2D eigenvalue weighted by molar-refractivity contribution is 5.95. The van der Waals surface area contributed by atoms with Crippen LogP contribution >= 0.6 is 0 Å². The topological polar surface area (TPSA) is 168 Å². The number of hydrogen-bond donors (Lipinski definition) is 4. The van der Waals surface area contributed by atoms with Crippen molar-refractivity contribution in [2.45, 2.75) is 37.6 Å². The van der Waals surface area contributed by atoms with Gasteiger partial charge >= 0.3 is 0 Å². The van der Waals surface area contributed by atoms with Crippen molar-refractivity contribution in [1.82, 2.24) is 35.1 Å². The second-order valence-corrected chi connectivity index (χ2v) is 9.60. The Morgan fingerprint density at radius 3 is 2.56 bits per heavy atom. The number of aromatic amines is 1. The third-order valence-electron chi connectivity index (χ3n) is 7.19. The SMILES string of the molecule is Cn1c(C(N)c2ccc(C(=N)N)cc2)nc2cc(C(C)(Cc3nnn[nH]3)C(=O)N3CCCC3)ccc21. The van der Waals surface area contributed by atoms with Crippen molar-refractivity contribution in [3.05, 3.63) is 70.8 Å². The van der Waals surface area contributed by atoms with Gasteiger partial charge in [0.25, 0.3) is 0 Å². The van der Waals surface area contributed by atoms with Crippen LogP contribution in [0.1, 0.15) is 54.1 Å². The number of imidazole rings is 1. The van der Waals surface area contributed by atoms with Gasteiger partial charge in [-0.15, -0.1) is 5.10 Å². The van der Waals surface area contributed by atoms with Gasteiger partial charge in [0, 0.05) is 32.1 Å². The Morgan fingerprint density at radius 2 is 1.92 bits per heavy atom. The molecule has 36 heavy (non-hydrogen) atoms. The fourth-order valence-corrected chi connectivity index (χ4v) is 5.02. The third kappa shape index (κ3) is 4.11. The molecule has 0 spiro atoms. The van der Waals surface area contributed by atoms with Crippen molar-refractivity contribution in [2.75, 3.05) is 13.1 Å². The number of H-pyrrole nitrogens is 1. The molecule has 4 aromatic rings. The molecule has 1 fully saturated rings. The Hall–Kier alpha value is -4.12. The van der Waals surface area contributed by atoms with Crippen LogP contribution in [0, 0.1) is 5.41 Å². The van der Waals surface area contributed by atoms with E-state index in [1.54, 1.807) is 12.1 Å². The first-order chi connectivity index (χ1) is 17.3. The van der Waals surface area contributed by atoms with Crippen molar-refractivity contribution in [2.24, 2.45) is 18.5 Å². The minimum Gasteiger partial charge on any atom is -0.384 e. The fourth-order valence-electron chi connectivity index (χ4n) is 5.02. The molecule has 1 aliphatic rings. The van der Waals surface area contributed by atoms with Gasteiger partial charge in [0.2, 0.25) is 5.91 Å². The van der Waals surface area contributed by atoms with Crippen LogP contribution in [0.5, 0.6) is 0 Å². The minimum absolute atomic E-state index is 0.0121. The second-order valence-electron chi connectivity index (χ2n) is 9.60. The number of tetrazole rings is 1. The standard InChI is InChI=1S/C25H30N10O/c1-25(14-20-30-32-33-31-20,24(36)35-11-3-4-12-35)17-9-10-19-18(13-17)29-23(34(19)2)21(26)15-5-7-16(8-6-15)22(27)28/h5-10,13,21H,3-4,11-12,14,26H2,1-2H3,(H3,27,28)(H,30,31,32,33). The van der Waals surface area contributed by atoms with Crippen molar-refractivity contribution in [1.29, 1.82) is 5.41 Å². The number of nitrogens with zero attached hydrogens (tertiary/aromatic N) is 6. The molecule has 0 saturated carbocycles. The summed E-state index contributed by atoms with van der Waals surface area (Å²) in [6, 6.07) is 12.8. The number of nitrogens with two attached hydrogens (primary N) is 2. The average Bonchev–Trinajstić information content (AvgIpc) is 3.65. The molecule has 0 aliphatic carbocycles. The molecule has 1 amide bonds. The van der Waals surface area contributed by atoms with E-state index in [4.69, 9.17) is 21.9 Å². The van der Waals surface area contributed by atoms with Gasteiger partial charge in [0.15, 0.2) is 0 Å². The number of nitrogen functional groups attached to an aromatic ring is 1. The van der Waals surface area contributed by atoms with E-state index in [1.807, 2.05) is 53.8 Å². The zero-order valence-corrected chi connectivity index (χ0v) is 20.4. The molecule has 11 heteroatoms. The van der Waals surface area contributed by atoms with E-state index in [-0.39, 0.29) is 11.7 Å². The van der Waals surface area contributed by atoms with Crippen LogP contribution in [-0.2, 0) is 23.7 Å². The van der Waals surface area contributed by atoms with Crippen molar-refractivity contribution in [3.8, 4) is 0 Å². The van der Waals surface area contributed by atoms with Gasteiger partial charge in [-0.25, -0.2) is 10.1 Å². The van der Waals surface area contributed by atoms with Gasteiger partial charge in [-0.3, -0.25) is 10.2 Å². The predicted molar refractivity (Wildman–Crippen MR) is 135 cm³/mol. The Morgan fingerprint density at radius 1 is 1.19 bits per heavy atom. The summed E-state index contributed by atoms with van der Waals surface area (Å²) in [7, 11) is 1.93. The lowest BCUT2D eigenvalue weighted by molar-refractivity contribution is -0.135. The smallest absolute Gasteiger partial charge is 0.233 e. The molecule has 6 N–H and O–H groups in total. The number of amides is 1. The van der Waals surface area contributed by atoms with Gasteiger partial charge in [-0.1, -0.05) is 30.3 Å². The van der Waals surface area contributed by atoms with E-state index in [0.717, 1.165) is 48.1 Å². The number of hydrogen-bond acceptors (Lipinski definition) is 7. The van der Waals surface area contributed by atoms with E-state index in [9.17, 15) is 4.79 Å². The summed E-state index contributed by atoms with van der Waals surface area (Å²) >= 11 is 0. The zero-order valence-electron chi connectivity index (χ0n) is 20.4. The van der Waals surface area contributed by atoms with Crippen LogP contribution in [-0.4, -0.2) is 59.9 Å². The number of benzene rings is 2. The molecule has 2 unspecified atom stereocenters. The lowest BCUT2D eigenvalue weighted by atomic mass is 9.77. The first-order valence-corrected chi connectivity index (χ1v) is 12.0. The number of nitrogens with one attached hydrogen (secondary N) is 2. The Labute approximate surface area is 208 Å². The molecule has 0 bridgehead atoms. The Bertz CT molecular complexity index is 1400. The number of carbonyl (C=O) groups is 1. The largest absolute Gasteiger partial charge is 0.384 e. The Balaban J connectivity index is 1.53. The molecular weight excluding hydrogens is 456 g/mol. The molecule has 3 heterocycles. The summed E-state index contributed by atoms with van der Waals surface area (Å²) in [6.07, 6.45) is 2.38. The molecule has 1 aliphatic heterocycles. The highest BCUT2D eigenvalue weighted by atomic mass is 16.2. The molecule has 11 nitrogen and oxygen atoms in total. The maximum absolute atomic E-state index is 13.7. The number of aryl methyl sites for hydroxylation is 1. The number of likely N-dealkylation sites (tertiary alicyclic amines) is 1. The highest BCUT2D eigenvalue weighted by Gasteiger charge is 2.40. The summed E-state index contributed by atoms with van der Waals surface area (Å²) < 4.78 is 1.97. The predicted octanol–water partition coefficient (Wildman–Crippen LogP) is 1.54. The van der Waals surface area contributed by atoms with Crippen molar-refractivity contribution < 1.29 is 4.79 Å². The number of rotatable bonds is 7. The number of aromatic nitrogens is 6. The molecule has 2 aromatic heterocycles. The third-order valence-corrected chi connectivity index (χ3v) is 7.19. The molecular formula is C25H30N10O. The van der Waals surface area contributed by atoms with E-state index >= 15 is 0 Å². The fraction of sp³-hybridized carbons (Fsp3) is 0.360. The van der Waals surface area contributed by atoms with Crippen LogP contribution in [0.25, 0.3) is 11.0 Å². The molecule has 5 rings (SSSR count). The normalized spacial score (nSPS) is 16.2. The summed E-state index contributed by atoms with van der Waals surface area (Å²) in [6.45, 7) is 3.47. The van der Waals surface area contributed by atoms with E-state index < -0.39 is 11.5 Å². The monoisotopic (exact) mass is 486 g/mol. The summed E-state index contributed by atoms with van der Waals surface area (Å²) in [5.41, 5.74) is 15.4. The zero-order chi connectivity index (χ0) is 25.4. The van der Waals surface area contributed by atoms with Gasteiger partial charge < -0.3 is 20.9 Å². The Kier molecular flexibility index (Phi) is 6.00. The quantitative estimate of drug-likeness (QED) is 0.227. The minimum atomic E-state index is -0.859. The molecule has 2 atom stereocenters. The molecule has 186 valence electrons. The maximum Gasteiger partial charge on any atom is 0.233 e. The number of carbonyl (C=O) groups excluding carboxylic acids is 1. The van der Waals surface area contributed by atoms with Crippen LogP contribution in [0.2, 0.25) is 0 Å². The van der Waals surface area contributed by atoms with Crippen LogP contribution in [0.15, 0.2) is 42.5 Å². The van der Waals surface area contributed by atoms with E-state index in [2.05, 4.69) is 20.6 Å². The van der Waals surface area contributed by atoms with E-state index in [1.165, 1.54) is 0 Å². The first kappa shape index (κ1) is 23.6. The number of fused-ring (bicyclic) bond motifs is 1. The van der Waals surface area contributed by atoms with Gasteiger partial charge in [-0.2, -0.15) is 0 Å². The second kappa shape index (κ2) is 9.15. The molecule has 2 aromatic carbocycles. The van der Waals surface area contributed by atoms with Gasteiger partial charge in [0.05, 0.1) is 22.5 Å². The van der Waals surface area contributed by atoms with Gasteiger partial charge in [0.1, 0.15) is 17.5 Å². The first-order valence-electron chi connectivity index (χ1n) is 12.0. The maximum atomic E-state index is 13.7.